The number of carbonyl (C=O) groups is 1. The van der Waals surface area contributed by atoms with Crippen LogP contribution >= 0.6 is 0 Å². The van der Waals surface area contributed by atoms with E-state index in [0.717, 1.165) is 12.8 Å². The predicted molar refractivity (Wildman–Crippen MR) is 70.9 cm³/mol. The average molecular weight is 261 g/mol. The van der Waals surface area contributed by atoms with Gasteiger partial charge in [-0.1, -0.05) is 6.42 Å². The van der Waals surface area contributed by atoms with Crippen molar-refractivity contribution in [2.75, 3.05) is 26.3 Å². The minimum atomic E-state index is -0.486. The first kappa shape index (κ1) is 17.3. The van der Waals surface area contributed by atoms with Crippen LogP contribution in [-0.4, -0.2) is 44.5 Å². The van der Waals surface area contributed by atoms with Crippen molar-refractivity contribution >= 4 is 5.91 Å². The van der Waals surface area contributed by atoms with E-state index in [0.29, 0.717) is 32.7 Å². The van der Waals surface area contributed by atoms with Crippen LogP contribution in [0.5, 0.6) is 0 Å². The Morgan fingerprint density at radius 2 is 1.83 bits per heavy atom. The third-order valence-corrected chi connectivity index (χ3v) is 2.45. The summed E-state index contributed by atoms with van der Waals surface area (Å²) in [5.74, 6) is -0.170. The lowest BCUT2D eigenvalue weighted by atomic mass is 10.1. The molecule has 0 aliphatic carbocycles. The molecule has 108 valence electrons. The van der Waals surface area contributed by atoms with Crippen LogP contribution in [0.4, 0.5) is 0 Å². The van der Waals surface area contributed by atoms with Crippen LogP contribution in [0, 0.1) is 0 Å². The highest BCUT2D eigenvalue weighted by Gasteiger charge is 2.15. The van der Waals surface area contributed by atoms with Crippen molar-refractivity contribution < 1.29 is 14.3 Å². The van der Waals surface area contributed by atoms with E-state index in [4.69, 9.17) is 20.9 Å². The minimum Gasteiger partial charge on any atom is -0.351 e. The number of nitrogens with one attached hydrogen (secondary N) is 1. The molecule has 0 fully saturated rings. The third-order valence-electron chi connectivity index (χ3n) is 2.45. The maximum absolute atomic E-state index is 11.7. The highest BCUT2D eigenvalue weighted by Crippen LogP contribution is 1.99. The highest BCUT2D eigenvalue weighted by atomic mass is 16.7. The predicted octanol–water partition coefficient (Wildman–Crippen LogP) is -0.0420. The number of hydrogen-bond donors (Lipinski definition) is 3. The molecule has 0 aliphatic rings. The zero-order valence-corrected chi connectivity index (χ0v) is 11.5. The van der Waals surface area contributed by atoms with Gasteiger partial charge in [0.15, 0.2) is 6.29 Å². The molecule has 0 spiro atoms. The van der Waals surface area contributed by atoms with Crippen LogP contribution in [0.1, 0.15) is 33.1 Å². The second-order valence-corrected chi connectivity index (χ2v) is 3.98. The molecule has 0 bridgehead atoms. The lowest BCUT2D eigenvalue weighted by Crippen LogP contribution is -2.44. The molecule has 0 aromatic rings. The van der Waals surface area contributed by atoms with Gasteiger partial charge in [0.25, 0.3) is 0 Å². The molecule has 0 saturated carbocycles. The van der Waals surface area contributed by atoms with E-state index in [9.17, 15) is 4.79 Å². The molecule has 1 atom stereocenters. The van der Waals surface area contributed by atoms with Crippen molar-refractivity contribution in [3.05, 3.63) is 0 Å². The molecule has 1 unspecified atom stereocenters. The molecule has 5 N–H and O–H groups in total. The van der Waals surface area contributed by atoms with Crippen molar-refractivity contribution in [3.63, 3.8) is 0 Å². The van der Waals surface area contributed by atoms with Crippen LogP contribution < -0.4 is 16.8 Å². The Hall–Kier alpha value is -0.690. The van der Waals surface area contributed by atoms with Gasteiger partial charge in [-0.05, 0) is 33.2 Å². The summed E-state index contributed by atoms with van der Waals surface area (Å²) in [5, 5.41) is 2.73. The van der Waals surface area contributed by atoms with Crippen molar-refractivity contribution in [3.8, 4) is 0 Å². The van der Waals surface area contributed by atoms with Crippen LogP contribution in [0.25, 0.3) is 0 Å². The Balaban J connectivity index is 3.83. The number of carbonyl (C=O) groups excluding carboxylic acids is 1. The Kier molecular flexibility index (Phi) is 11.0. The molecule has 6 heteroatoms. The van der Waals surface area contributed by atoms with Gasteiger partial charge in [-0.15, -0.1) is 0 Å². The highest BCUT2D eigenvalue weighted by molar-refractivity contribution is 5.81. The van der Waals surface area contributed by atoms with Gasteiger partial charge in [0, 0.05) is 13.2 Å². The quantitative estimate of drug-likeness (QED) is 0.358. The fourth-order valence-corrected chi connectivity index (χ4v) is 1.49. The SMILES string of the molecule is CCOC(CNC(=O)C(N)CCCCN)OCC. The zero-order chi connectivity index (χ0) is 13.8. The lowest BCUT2D eigenvalue weighted by molar-refractivity contribution is -0.141. The fourth-order valence-electron chi connectivity index (χ4n) is 1.49. The maximum Gasteiger partial charge on any atom is 0.237 e. The van der Waals surface area contributed by atoms with Gasteiger partial charge in [-0.25, -0.2) is 0 Å². The van der Waals surface area contributed by atoms with Gasteiger partial charge >= 0.3 is 0 Å². The van der Waals surface area contributed by atoms with Crippen LogP contribution in [-0.2, 0) is 14.3 Å². The first-order valence-corrected chi connectivity index (χ1v) is 6.62. The van der Waals surface area contributed by atoms with Gasteiger partial charge in [0.2, 0.25) is 5.91 Å². The monoisotopic (exact) mass is 261 g/mol. The number of unbranched alkanes of at least 4 members (excludes halogenated alkanes) is 1. The molecular weight excluding hydrogens is 234 g/mol. The molecule has 0 radical (unpaired) electrons. The third kappa shape index (κ3) is 8.41. The van der Waals surface area contributed by atoms with E-state index in [1.165, 1.54) is 0 Å². The average Bonchev–Trinajstić information content (AvgIpc) is 2.36. The maximum atomic E-state index is 11.7. The minimum absolute atomic E-state index is 0.170. The van der Waals surface area contributed by atoms with Crippen molar-refractivity contribution in [1.82, 2.24) is 5.32 Å². The fraction of sp³-hybridized carbons (Fsp3) is 0.917. The smallest absolute Gasteiger partial charge is 0.237 e. The van der Waals surface area contributed by atoms with E-state index in [2.05, 4.69) is 5.32 Å². The van der Waals surface area contributed by atoms with E-state index in [1.807, 2.05) is 13.8 Å². The summed E-state index contributed by atoms with van der Waals surface area (Å²) in [5.41, 5.74) is 11.1. The van der Waals surface area contributed by atoms with Gasteiger partial charge in [0.1, 0.15) is 0 Å². The van der Waals surface area contributed by atoms with E-state index in [-0.39, 0.29) is 5.91 Å². The van der Waals surface area contributed by atoms with Crippen LogP contribution in [0.15, 0.2) is 0 Å². The molecule has 0 rings (SSSR count). The molecule has 0 aromatic heterocycles. The second kappa shape index (κ2) is 11.4. The van der Waals surface area contributed by atoms with E-state index in [1.54, 1.807) is 0 Å². The molecule has 1 amide bonds. The first-order valence-electron chi connectivity index (χ1n) is 6.62. The second-order valence-electron chi connectivity index (χ2n) is 3.98. The van der Waals surface area contributed by atoms with Crippen molar-refractivity contribution in [1.29, 1.82) is 0 Å². The molecular formula is C12H27N3O3. The first-order chi connectivity index (χ1) is 8.65. The number of rotatable bonds is 11. The van der Waals surface area contributed by atoms with E-state index >= 15 is 0 Å². The molecule has 0 aliphatic heterocycles. The Labute approximate surface area is 109 Å². The largest absolute Gasteiger partial charge is 0.351 e. The lowest BCUT2D eigenvalue weighted by Gasteiger charge is -2.19. The Morgan fingerprint density at radius 3 is 2.33 bits per heavy atom. The topological polar surface area (TPSA) is 99.6 Å². The zero-order valence-electron chi connectivity index (χ0n) is 11.5. The summed E-state index contributed by atoms with van der Waals surface area (Å²) < 4.78 is 10.6. The van der Waals surface area contributed by atoms with Gasteiger partial charge in [-0.2, -0.15) is 0 Å². The normalized spacial score (nSPS) is 12.7. The standard InChI is InChI=1S/C12H27N3O3/c1-3-17-11(18-4-2)9-15-12(16)10(14)7-5-6-8-13/h10-11H,3-9,13-14H2,1-2H3,(H,15,16). The van der Waals surface area contributed by atoms with Crippen LogP contribution in [0.2, 0.25) is 0 Å². The number of amides is 1. The molecule has 0 saturated heterocycles. The Morgan fingerprint density at radius 1 is 1.22 bits per heavy atom. The van der Waals surface area contributed by atoms with Crippen molar-refractivity contribution in [2.24, 2.45) is 11.5 Å². The molecule has 6 nitrogen and oxygen atoms in total. The number of hydrogen-bond acceptors (Lipinski definition) is 5. The number of ether oxygens (including phenoxy) is 2. The summed E-state index contributed by atoms with van der Waals surface area (Å²) >= 11 is 0. The summed E-state index contributed by atoms with van der Waals surface area (Å²) in [6.45, 7) is 5.81. The van der Waals surface area contributed by atoms with E-state index < -0.39 is 12.3 Å². The molecule has 18 heavy (non-hydrogen) atoms. The molecule has 0 heterocycles. The summed E-state index contributed by atoms with van der Waals surface area (Å²) in [4.78, 5) is 11.7. The van der Waals surface area contributed by atoms with Gasteiger partial charge in [-0.3, -0.25) is 4.79 Å². The van der Waals surface area contributed by atoms with Gasteiger partial charge < -0.3 is 26.3 Å². The van der Waals surface area contributed by atoms with Crippen molar-refractivity contribution in [2.45, 2.75) is 45.4 Å². The summed E-state index contributed by atoms with van der Waals surface area (Å²) in [6.07, 6.45) is 2.00. The molecule has 0 aromatic carbocycles. The summed E-state index contributed by atoms with van der Waals surface area (Å²) in [6, 6.07) is -0.486. The number of nitrogens with two attached hydrogens (primary N) is 2. The summed E-state index contributed by atoms with van der Waals surface area (Å²) in [7, 11) is 0. The van der Waals surface area contributed by atoms with Gasteiger partial charge in [0.05, 0.1) is 12.6 Å². The van der Waals surface area contributed by atoms with Crippen LogP contribution in [0.3, 0.4) is 0 Å². The Bertz CT molecular complexity index is 209.